The maximum absolute atomic E-state index is 12.0. The highest BCUT2D eigenvalue weighted by atomic mass is 32.1. The number of imidazole rings is 1. The van der Waals surface area contributed by atoms with Crippen LogP contribution < -0.4 is 5.69 Å². The van der Waals surface area contributed by atoms with E-state index < -0.39 is 0 Å². The molecule has 0 spiro atoms. The normalized spacial score (nSPS) is 10.9. The molecule has 0 atom stereocenters. The molecule has 0 aliphatic heterocycles. The van der Waals surface area contributed by atoms with Crippen molar-refractivity contribution in [2.75, 3.05) is 0 Å². The Labute approximate surface area is 97.1 Å². The molecule has 84 valence electrons. The largest absolute Gasteiger partial charge is 0.341 e. The van der Waals surface area contributed by atoms with Crippen LogP contribution in [0.15, 0.2) is 23.3 Å². The molecular formula is C10H12N4OS. The van der Waals surface area contributed by atoms with Crippen LogP contribution in [0.3, 0.4) is 0 Å². The van der Waals surface area contributed by atoms with Gasteiger partial charge in [0.15, 0.2) is 5.65 Å². The van der Waals surface area contributed by atoms with E-state index in [-0.39, 0.29) is 5.69 Å². The summed E-state index contributed by atoms with van der Waals surface area (Å²) >= 11 is 5.17. The number of hydrogen-bond acceptors (Lipinski definition) is 3. The lowest BCUT2D eigenvalue weighted by Crippen LogP contribution is -2.30. The Bertz CT molecular complexity index is 676. The summed E-state index contributed by atoms with van der Waals surface area (Å²) in [6, 6.07) is 0. The number of fused-ring (bicyclic) bond motifs is 1. The number of aromatic nitrogens is 4. The zero-order valence-corrected chi connectivity index (χ0v) is 9.97. The molecule has 0 saturated heterocycles. The van der Waals surface area contributed by atoms with Gasteiger partial charge in [0.05, 0.1) is 6.33 Å². The average molecular weight is 236 g/mol. The minimum Gasteiger partial charge on any atom is -0.341 e. The molecule has 0 radical (unpaired) electrons. The van der Waals surface area contributed by atoms with Crippen molar-refractivity contribution in [2.24, 2.45) is 7.05 Å². The first-order valence-electron chi connectivity index (χ1n) is 4.79. The topological polar surface area (TPSA) is 55.6 Å². The van der Waals surface area contributed by atoms with Crippen molar-refractivity contribution in [2.45, 2.75) is 13.5 Å². The van der Waals surface area contributed by atoms with Gasteiger partial charge in [0.1, 0.15) is 10.2 Å². The van der Waals surface area contributed by atoms with Gasteiger partial charge in [-0.2, -0.15) is 0 Å². The van der Waals surface area contributed by atoms with Crippen LogP contribution in [-0.2, 0) is 13.6 Å². The van der Waals surface area contributed by atoms with Gasteiger partial charge in [-0.25, -0.2) is 9.78 Å². The fraction of sp³-hybridized carbons (Fsp3) is 0.300. The van der Waals surface area contributed by atoms with Gasteiger partial charge in [0.2, 0.25) is 0 Å². The van der Waals surface area contributed by atoms with Crippen molar-refractivity contribution in [3.05, 3.63) is 33.6 Å². The van der Waals surface area contributed by atoms with Crippen molar-refractivity contribution in [1.82, 2.24) is 19.1 Å². The SMILES string of the molecule is C=C(C)Cn1c(=O)n(C)c(=S)c2[nH]cnc21. The van der Waals surface area contributed by atoms with Crippen LogP contribution in [0.25, 0.3) is 11.2 Å². The predicted octanol–water partition coefficient (Wildman–Crippen LogP) is 1.37. The summed E-state index contributed by atoms with van der Waals surface area (Å²) in [5.74, 6) is 0. The third-order valence-electron chi connectivity index (χ3n) is 2.34. The number of hydrogen-bond donors (Lipinski definition) is 1. The van der Waals surface area contributed by atoms with E-state index in [2.05, 4.69) is 16.5 Å². The van der Waals surface area contributed by atoms with E-state index in [9.17, 15) is 4.79 Å². The highest BCUT2D eigenvalue weighted by molar-refractivity contribution is 7.71. The van der Waals surface area contributed by atoms with Crippen molar-refractivity contribution < 1.29 is 0 Å². The molecule has 0 aliphatic carbocycles. The molecule has 1 N–H and O–H groups in total. The van der Waals surface area contributed by atoms with Crippen molar-refractivity contribution >= 4 is 23.4 Å². The van der Waals surface area contributed by atoms with Crippen molar-refractivity contribution in [1.29, 1.82) is 0 Å². The van der Waals surface area contributed by atoms with E-state index in [0.717, 1.165) is 5.57 Å². The Morgan fingerprint density at radius 1 is 1.69 bits per heavy atom. The molecule has 0 aliphatic rings. The van der Waals surface area contributed by atoms with Crippen LogP contribution >= 0.6 is 12.2 Å². The van der Waals surface area contributed by atoms with Crippen LogP contribution in [0.5, 0.6) is 0 Å². The molecule has 6 heteroatoms. The maximum atomic E-state index is 12.0. The van der Waals surface area contributed by atoms with E-state index in [1.165, 1.54) is 10.9 Å². The summed E-state index contributed by atoms with van der Waals surface area (Å²) in [5, 5.41) is 0. The van der Waals surface area contributed by atoms with Gasteiger partial charge >= 0.3 is 5.69 Å². The zero-order chi connectivity index (χ0) is 11.9. The average Bonchev–Trinajstić information content (AvgIpc) is 2.69. The number of aromatic amines is 1. The molecule has 0 bridgehead atoms. The minimum atomic E-state index is -0.174. The Hall–Kier alpha value is -1.69. The predicted molar refractivity (Wildman–Crippen MR) is 65.0 cm³/mol. The minimum absolute atomic E-state index is 0.174. The lowest BCUT2D eigenvalue weighted by atomic mass is 10.3. The molecule has 2 heterocycles. The summed E-state index contributed by atoms with van der Waals surface area (Å²) in [6.45, 7) is 6.12. The number of rotatable bonds is 2. The summed E-state index contributed by atoms with van der Waals surface area (Å²) in [7, 11) is 1.65. The molecule has 0 amide bonds. The van der Waals surface area contributed by atoms with Crippen LogP contribution in [0.1, 0.15) is 6.92 Å². The van der Waals surface area contributed by atoms with Crippen LogP contribution in [0.2, 0.25) is 0 Å². The third kappa shape index (κ3) is 1.51. The molecule has 2 aromatic rings. The molecule has 0 saturated carbocycles. The van der Waals surface area contributed by atoms with Crippen LogP contribution in [-0.4, -0.2) is 19.1 Å². The van der Waals surface area contributed by atoms with Gasteiger partial charge < -0.3 is 4.98 Å². The fourth-order valence-electron chi connectivity index (χ4n) is 1.59. The molecule has 0 aromatic carbocycles. The van der Waals surface area contributed by atoms with Gasteiger partial charge in [-0.1, -0.05) is 24.4 Å². The fourth-order valence-corrected chi connectivity index (χ4v) is 1.82. The van der Waals surface area contributed by atoms with Gasteiger partial charge in [-0.3, -0.25) is 9.13 Å². The summed E-state index contributed by atoms with van der Waals surface area (Å²) in [5.41, 5.74) is 2.01. The van der Waals surface area contributed by atoms with Crippen molar-refractivity contribution in [3.63, 3.8) is 0 Å². The molecule has 2 aromatic heterocycles. The Morgan fingerprint density at radius 2 is 2.38 bits per heavy atom. The maximum Gasteiger partial charge on any atom is 0.330 e. The summed E-state index contributed by atoms with van der Waals surface area (Å²) in [6.07, 6.45) is 1.54. The van der Waals surface area contributed by atoms with E-state index in [1.54, 1.807) is 11.6 Å². The Morgan fingerprint density at radius 3 is 3.00 bits per heavy atom. The third-order valence-corrected chi connectivity index (χ3v) is 2.82. The van der Waals surface area contributed by atoms with Gasteiger partial charge in [0.25, 0.3) is 0 Å². The molecule has 16 heavy (non-hydrogen) atoms. The van der Waals surface area contributed by atoms with Gasteiger partial charge in [-0.15, -0.1) is 0 Å². The van der Waals surface area contributed by atoms with Crippen LogP contribution in [0.4, 0.5) is 0 Å². The molecule has 0 unspecified atom stereocenters. The zero-order valence-electron chi connectivity index (χ0n) is 9.15. The Balaban J connectivity index is 2.91. The lowest BCUT2D eigenvalue weighted by Gasteiger charge is -2.08. The molecule has 2 rings (SSSR count). The molecule has 5 nitrogen and oxygen atoms in total. The number of H-pyrrole nitrogens is 1. The number of allylic oxidation sites excluding steroid dienone is 1. The van der Waals surface area contributed by atoms with Crippen LogP contribution in [0, 0.1) is 4.64 Å². The first-order chi connectivity index (χ1) is 7.52. The lowest BCUT2D eigenvalue weighted by molar-refractivity contribution is 0.673. The highest BCUT2D eigenvalue weighted by Crippen LogP contribution is 2.09. The van der Waals surface area contributed by atoms with E-state index in [1.807, 2.05) is 6.92 Å². The summed E-state index contributed by atoms with van der Waals surface area (Å²) in [4.78, 5) is 19.1. The number of nitrogens with one attached hydrogen (secondary N) is 1. The Kier molecular flexibility index (Phi) is 2.51. The molecule has 0 fully saturated rings. The second-order valence-electron chi connectivity index (χ2n) is 3.79. The second-order valence-corrected chi connectivity index (χ2v) is 4.18. The van der Waals surface area contributed by atoms with Gasteiger partial charge in [-0.05, 0) is 6.92 Å². The number of nitrogens with zero attached hydrogens (tertiary/aromatic N) is 3. The molecular weight excluding hydrogens is 224 g/mol. The monoisotopic (exact) mass is 236 g/mol. The first kappa shape index (κ1) is 10.8. The summed E-state index contributed by atoms with van der Waals surface area (Å²) < 4.78 is 3.46. The van der Waals surface area contributed by atoms with E-state index in [4.69, 9.17) is 12.2 Å². The first-order valence-corrected chi connectivity index (χ1v) is 5.20. The quantitative estimate of drug-likeness (QED) is 0.633. The van der Waals surface area contributed by atoms with E-state index in [0.29, 0.717) is 22.3 Å². The highest BCUT2D eigenvalue weighted by Gasteiger charge is 2.10. The van der Waals surface area contributed by atoms with Gasteiger partial charge in [0, 0.05) is 13.6 Å². The standard InChI is InChI=1S/C10H12N4OS/c1-6(2)4-14-8-7(11-5-12-8)9(16)13(3)10(14)15/h5H,1,4H2,2-3H3,(H,11,12). The smallest absolute Gasteiger partial charge is 0.330 e. The van der Waals surface area contributed by atoms with Crippen molar-refractivity contribution in [3.8, 4) is 0 Å². The second kappa shape index (κ2) is 3.71. The van der Waals surface area contributed by atoms with E-state index >= 15 is 0 Å².